The number of nitrogens with two attached hydrogens (primary N) is 1. The maximum atomic E-state index is 11.1. The van der Waals surface area contributed by atoms with Gasteiger partial charge in [0.05, 0.1) is 11.4 Å². The summed E-state index contributed by atoms with van der Waals surface area (Å²) in [6.07, 6.45) is 0.441. The second-order valence-corrected chi connectivity index (χ2v) is 4.15. The number of fused-ring (bicyclic) bond motifs is 1. The van der Waals surface area contributed by atoms with E-state index in [1.54, 1.807) is 25.1 Å². The summed E-state index contributed by atoms with van der Waals surface area (Å²) < 4.78 is 4.87. The highest BCUT2D eigenvalue weighted by Gasteiger charge is 2.24. The molecule has 0 bridgehead atoms. The normalized spacial score (nSPS) is 14.6. The van der Waals surface area contributed by atoms with Crippen molar-refractivity contribution >= 4 is 17.1 Å². The highest BCUT2D eigenvalue weighted by Crippen LogP contribution is 2.24. The van der Waals surface area contributed by atoms with Gasteiger partial charge in [-0.2, -0.15) is 0 Å². The SMILES string of the molecule is CCC(C(=O)O)C(N)c1ccc2oc(=O)[nH]c2c1. The Kier molecular flexibility index (Phi) is 3.20. The number of oxazole rings is 1. The third kappa shape index (κ3) is 2.14. The second-order valence-electron chi connectivity index (χ2n) is 4.15. The monoisotopic (exact) mass is 250 g/mol. The van der Waals surface area contributed by atoms with Crippen LogP contribution in [-0.4, -0.2) is 16.1 Å². The third-order valence-electron chi connectivity index (χ3n) is 3.02. The van der Waals surface area contributed by atoms with Crippen molar-refractivity contribution in [2.75, 3.05) is 0 Å². The molecule has 0 amide bonds. The van der Waals surface area contributed by atoms with Crippen molar-refractivity contribution < 1.29 is 14.3 Å². The lowest BCUT2D eigenvalue weighted by Crippen LogP contribution is -2.27. The molecule has 0 spiro atoms. The number of aliphatic carboxylic acids is 1. The van der Waals surface area contributed by atoms with Gasteiger partial charge in [-0.25, -0.2) is 4.79 Å². The van der Waals surface area contributed by atoms with Crippen molar-refractivity contribution in [1.29, 1.82) is 0 Å². The molecular weight excluding hydrogens is 236 g/mol. The van der Waals surface area contributed by atoms with Gasteiger partial charge in [-0.15, -0.1) is 0 Å². The molecule has 96 valence electrons. The summed E-state index contributed by atoms with van der Waals surface area (Å²) in [5, 5.41) is 9.07. The number of aromatic amines is 1. The van der Waals surface area contributed by atoms with E-state index < -0.39 is 23.7 Å². The standard InChI is InChI=1S/C12H14N2O4/c1-2-7(11(15)16)10(13)6-3-4-9-8(5-6)14-12(17)18-9/h3-5,7,10H,2,13H2,1H3,(H,14,17)(H,15,16). The zero-order valence-corrected chi connectivity index (χ0v) is 9.84. The smallest absolute Gasteiger partial charge is 0.417 e. The Morgan fingerprint density at radius 1 is 1.56 bits per heavy atom. The lowest BCUT2D eigenvalue weighted by Gasteiger charge is -2.18. The van der Waals surface area contributed by atoms with Crippen LogP contribution in [0.5, 0.6) is 0 Å². The van der Waals surface area contributed by atoms with Crippen LogP contribution < -0.4 is 11.5 Å². The summed E-state index contributed by atoms with van der Waals surface area (Å²) >= 11 is 0. The number of aromatic nitrogens is 1. The van der Waals surface area contributed by atoms with E-state index in [1.807, 2.05) is 0 Å². The van der Waals surface area contributed by atoms with Crippen LogP contribution in [-0.2, 0) is 4.79 Å². The van der Waals surface area contributed by atoms with Gasteiger partial charge >= 0.3 is 11.7 Å². The minimum Gasteiger partial charge on any atom is -0.481 e. The van der Waals surface area contributed by atoms with Gasteiger partial charge in [0.25, 0.3) is 0 Å². The number of benzene rings is 1. The van der Waals surface area contributed by atoms with Crippen LogP contribution in [0.25, 0.3) is 11.1 Å². The highest BCUT2D eigenvalue weighted by molar-refractivity contribution is 5.74. The van der Waals surface area contributed by atoms with Gasteiger partial charge in [0.15, 0.2) is 5.58 Å². The minimum atomic E-state index is -0.925. The number of carboxylic acid groups (broad SMARTS) is 1. The van der Waals surface area contributed by atoms with E-state index in [2.05, 4.69) is 4.98 Å². The molecule has 1 heterocycles. The van der Waals surface area contributed by atoms with Gasteiger partial charge in [0.1, 0.15) is 0 Å². The number of H-pyrrole nitrogens is 1. The molecule has 6 nitrogen and oxygen atoms in total. The first-order valence-corrected chi connectivity index (χ1v) is 5.64. The Labute approximate surface area is 102 Å². The van der Waals surface area contributed by atoms with Crippen LogP contribution >= 0.6 is 0 Å². The number of nitrogens with one attached hydrogen (secondary N) is 1. The summed E-state index contributed by atoms with van der Waals surface area (Å²) in [7, 11) is 0. The topological polar surface area (TPSA) is 109 Å². The van der Waals surface area contributed by atoms with Crippen molar-refractivity contribution in [3.8, 4) is 0 Å². The average Bonchev–Trinajstić information content (AvgIpc) is 2.68. The molecule has 0 saturated heterocycles. The van der Waals surface area contributed by atoms with Gasteiger partial charge in [-0.1, -0.05) is 13.0 Å². The van der Waals surface area contributed by atoms with Gasteiger partial charge in [0, 0.05) is 6.04 Å². The Morgan fingerprint density at radius 2 is 2.28 bits per heavy atom. The summed E-state index contributed by atoms with van der Waals surface area (Å²) in [6, 6.07) is 4.32. The van der Waals surface area contributed by atoms with Crippen molar-refractivity contribution in [2.24, 2.45) is 11.7 Å². The van der Waals surface area contributed by atoms with Crippen molar-refractivity contribution in [1.82, 2.24) is 4.98 Å². The fourth-order valence-corrected chi connectivity index (χ4v) is 1.99. The minimum absolute atomic E-state index is 0.430. The molecular formula is C12H14N2O4. The Balaban J connectivity index is 2.40. The molecule has 4 N–H and O–H groups in total. The largest absolute Gasteiger partial charge is 0.481 e. The van der Waals surface area contributed by atoms with Gasteiger partial charge in [0.2, 0.25) is 0 Å². The van der Waals surface area contributed by atoms with Crippen LogP contribution in [0.3, 0.4) is 0 Å². The van der Waals surface area contributed by atoms with E-state index in [1.165, 1.54) is 0 Å². The summed E-state index contributed by atoms with van der Waals surface area (Å²) in [6.45, 7) is 1.77. The lowest BCUT2D eigenvalue weighted by atomic mass is 9.91. The first-order valence-electron chi connectivity index (χ1n) is 5.64. The molecule has 1 aromatic carbocycles. The average molecular weight is 250 g/mol. The second kappa shape index (κ2) is 4.66. The molecule has 0 aliphatic rings. The third-order valence-corrected chi connectivity index (χ3v) is 3.02. The van der Waals surface area contributed by atoms with Crippen LogP contribution in [0.1, 0.15) is 24.9 Å². The van der Waals surface area contributed by atoms with Gasteiger partial charge < -0.3 is 15.3 Å². The molecule has 2 rings (SSSR count). The Morgan fingerprint density at radius 3 is 2.89 bits per heavy atom. The Hall–Kier alpha value is -2.08. The van der Waals surface area contributed by atoms with Crippen LogP contribution in [0, 0.1) is 5.92 Å². The molecule has 0 aliphatic carbocycles. The fourth-order valence-electron chi connectivity index (χ4n) is 1.99. The molecule has 0 fully saturated rings. The van der Waals surface area contributed by atoms with Crippen LogP contribution in [0.15, 0.2) is 27.4 Å². The summed E-state index contributed by atoms with van der Waals surface area (Å²) in [5.74, 6) is -2.12. The molecule has 0 aliphatic heterocycles. The number of carboxylic acids is 1. The van der Waals surface area contributed by atoms with E-state index in [0.717, 1.165) is 0 Å². The number of rotatable bonds is 4. The zero-order valence-electron chi connectivity index (χ0n) is 9.84. The van der Waals surface area contributed by atoms with Crippen molar-refractivity contribution in [3.05, 3.63) is 34.3 Å². The molecule has 2 unspecified atom stereocenters. The maximum absolute atomic E-state index is 11.1. The Bertz CT molecular complexity index is 628. The fraction of sp³-hybridized carbons (Fsp3) is 0.333. The highest BCUT2D eigenvalue weighted by atomic mass is 16.4. The van der Waals surface area contributed by atoms with Crippen molar-refractivity contribution in [2.45, 2.75) is 19.4 Å². The van der Waals surface area contributed by atoms with Crippen molar-refractivity contribution in [3.63, 3.8) is 0 Å². The predicted molar refractivity (Wildman–Crippen MR) is 65.2 cm³/mol. The number of carbonyl (C=O) groups is 1. The van der Waals surface area contributed by atoms with E-state index >= 15 is 0 Å². The predicted octanol–water partition coefficient (Wildman–Crippen LogP) is 1.23. The molecule has 18 heavy (non-hydrogen) atoms. The zero-order chi connectivity index (χ0) is 13.3. The van der Waals surface area contributed by atoms with Gasteiger partial charge in [-0.05, 0) is 24.1 Å². The summed E-state index contributed by atoms with van der Waals surface area (Å²) in [4.78, 5) is 24.6. The van der Waals surface area contributed by atoms with E-state index in [4.69, 9.17) is 15.3 Å². The maximum Gasteiger partial charge on any atom is 0.417 e. The van der Waals surface area contributed by atoms with Crippen LogP contribution in [0.4, 0.5) is 0 Å². The molecule has 0 radical (unpaired) electrons. The van der Waals surface area contributed by atoms with E-state index in [0.29, 0.717) is 23.1 Å². The molecule has 2 atom stereocenters. The molecule has 0 saturated carbocycles. The lowest BCUT2D eigenvalue weighted by molar-refractivity contribution is -0.142. The molecule has 6 heteroatoms. The van der Waals surface area contributed by atoms with Crippen LogP contribution in [0.2, 0.25) is 0 Å². The van der Waals surface area contributed by atoms with Gasteiger partial charge in [-0.3, -0.25) is 9.78 Å². The van der Waals surface area contributed by atoms with E-state index in [-0.39, 0.29) is 0 Å². The molecule has 1 aromatic heterocycles. The van der Waals surface area contributed by atoms with E-state index in [9.17, 15) is 9.59 Å². The molecule has 2 aromatic rings. The first kappa shape index (κ1) is 12.4. The number of hydrogen-bond acceptors (Lipinski definition) is 4. The number of hydrogen-bond donors (Lipinski definition) is 3. The summed E-state index contributed by atoms with van der Waals surface area (Å²) in [5.41, 5.74) is 7.56. The first-order chi connectivity index (χ1) is 8.52. The quantitative estimate of drug-likeness (QED) is 0.756.